The molecule has 0 radical (unpaired) electrons. The maximum Gasteiger partial charge on any atom is 0.252 e. The summed E-state index contributed by atoms with van der Waals surface area (Å²) in [5.74, 6) is -2.35. The third kappa shape index (κ3) is 3.31. The lowest BCUT2D eigenvalue weighted by atomic mass is 9.76. The van der Waals surface area contributed by atoms with Crippen LogP contribution in [0.5, 0.6) is 0 Å². The lowest BCUT2D eigenvalue weighted by Crippen LogP contribution is -2.34. The summed E-state index contributed by atoms with van der Waals surface area (Å²) in [6.07, 6.45) is 3.20. The molecule has 0 saturated carbocycles. The van der Waals surface area contributed by atoms with E-state index in [-0.39, 0.29) is 5.91 Å². The third-order valence-electron chi connectivity index (χ3n) is 4.51. The summed E-state index contributed by atoms with van der Waals surface area (Å²) in [4.78, 5) is 17.0. The van der Waals surface area contributed by atoms with Crippen LogP contribution >= 0.6 is 0 Å². The second kappa shape index (κ2) is 7.58. The van der Waals surface area contributed by atoms with Crippen molar-refractivity contribution in [2.24, 2.45) is 16.9 Å². The molecule has 6 heteroatoms. The summed E-state index contributed by atoms with van der Waals surface area (Å²) >= 11 is 0. The standard InChI is InChI=1S/C20H17N5O/c1-14-18(19(17(11-21)12-22)16-7-9-23-10-8-16)20(26)25(24-14)13-15-5-3-2-4-6-15/h2-10,17-19H,13H2,1H3/t18-,19+/m0/s1. The number of hydrazone groups is 1. The molecule has 0 bridgehead atoms. The molecule has 2 aromatic rings. The van der Waals surface area contributed by atoms with Gasteiger partial charge in [-0.15, -0.1) is 0 Å². The number of carbonyl (C=O) groups is 1. The zero-order chi connectivity index (χ0) is 18.5. The van der Waals surface area contributed by atoms with E-state index in [4.69, 9.17) is 0 Å². The number of aromatic nitrogens is 1. The van der Waals surface area contributed by atoms with Gasteiger partial charge in [-0.25, -0.2) is 5.01 Å². The number of hydrogen-bond donors (Lipinski definition) is 0. The highest BCUT2D eigenvalue weighted by Gasteiger charge is 2.43. The second-order valence-corrected chi connectivity index (χ2v) is 6.14. The van der Waals surface area contributed by atoms with Gasteiger partial charge in [0.2, 0.25) is 0 Å². The van der Waals surface area contributed by atoms with Crippen LogP contribution in [-0.2, 0) is 11.3 Å². The lowest BCUT2D eigenvalue weighted by Gasteiger charge is -2.24. The van der Waals surface area contributed by atoms with Crippen LogP contribution in [0.2, 0.25) is 0 Å². The molecule has 6 nitrogen and oxygen atoms in total. The van der Waals surface area contributed by atoms with Crippen LogP contribution < -0.4 is 0 Å². The molecule has 128 valence electrons. The minimum atomic E-state index is -0.951. The van der Waals surface area contributed by atoms with Crippen molar-refractivity contribution in [1.29, 1.82) is 10.5 Å². The molecule has 1 aromatic heterocycles. The Kier molecular flexibility index (Phi) is 5.05. The van der Waals surface area contributed by atoms with Gasteiger partial charge in [0.25, 0.3) is 5.91 Å². The Morgan fingerprint density at radius 2 is 1.77 bits per heavy atom. The van der Waals surface area contributed by atoms with Gasteiger partial charge in [0.1, 0.15) is 5.92 Å². The Morgan fingerprint density at radius 1 is 1.12 bits per heavy atom. The molecule has 3 rings (SSSR count). The van der Waals surface area contributed by atoms with Gasteiger partial charge in [0, 0.05) is 24.0 Å². The van der Waals surface area contributed by atoms with Crippen LogP contribution in [0, 0.1) is 34.5 Å². The molecule has 1 aliphatic heterocycles. The number of nitriles is 2. The smallest absolute Gasteiger partial charge is 0.252 e. The van der Waals surface area contributed by atoms with Gasteiger partial charge < -0.3 is 0 Å². The molecule has 2 heterocycles. The van der Waals surface area contributed by atoms with Crippen LogP contribution in [0.4, 0.5) is 0 Å². The van der Waals surface area contributed by atoms with Crippen molar-refractivity contribution in [1.82, 2.24) is 9.99 Å². The highest BCUT2D eigenvalue weighted by molar-refractivity contribution is 6.07. The van der Waals surface area contributed by atoms with E-state index >= 15 is 0 Å². The maximum atomic E-state index is 13.0. The number of rotatable bonds is 5. The summed E-state index contributed by atoms with van der Waals surface area (Å²) in [5.41, 5.74) is 2.32. The molecular weight excluding hydrogens is 326 g/mol. The van der Waals surface area contributed by atoms with Crippen molar-refractivity contribution in [2.45, 2.75) is 19.4 Å². The van der Waals surface area contributed by atoms with Gasteiger partial charge in [-0.1, -0.05) is 30.3 Å². The summed E-state index contributed by atoms with van der Waals surface area (Å²) in [6, 6.07) is 17.1. The molecule has 0 N–H and O–H groups in total. The van der Waals surface area contributed by atoms with E-state index < -0.39 is 17.8 Å². The number of pyridine rings is 1. The molecule has 1 aliphatic rings. The predicted octanol–water partition coefficient (Wildman–Crippen LogP) is 2.86. The first-order valence-corrected chi connectivity index (χ1v) is 8.25. The molecule has 0 unspecified atom stereocenters. The summed E-state index contributed by atoms with van der Waals surface area (Å²) in [7, 11) is 0. The first-order valence-electron chi connectivity index (χ1n) is 8.25. The van der Waals surface area contributed by atoms with E-state index in [0.29, 0.717) is 12.3 Å². The van der Waals surface area contributed by atoms with Gasteiger partial charge in [-0.2, -0.15) is 15.6 Å². The average molecular weight is 343 g/mol. The Hall–Kier alpha value is -3.51. The molecule has 2 atom stereocenters. The largest absolute Gasteiger partial charge is 0.272 e. The number of benzene rings is 1. The van der Waals surface area contributed by atoms with Crippen molar-refractivity contribution in [3.05, 3.63) is 66.0 Å². The van der Waals surface area contributed by atoms with E-state index in [2.05, 4.69) is 10.1 Å². The molecule has 1 amide bonds. The number of amides is 1. The molecule has 0 aliphatic carbocycles. The molecule has 0 saturated heterocycles. The fourth-order valence-corrected chi connectivity index (χ4v) is 3.28. The lowest BCUT2D eigenvalue weighted by molar-refractivity contribution is -0.133. The Balaban J connectivity index is 1.93. The van der Waals surface area contributed by atoms with Crippen LogP contribution in [0.25, 0.3) is 0 Å². The zero-order valence-electron chi connectivity index (χ0n) is 14.3. The average Bonchev–Trinajstić information content (AvgIpc) is 2.94. The number of carbonyl (C=O) groups excluding carboxylic acids is 1. The SMILES string of the molecule is CC1=NN(Cc2ccccc2)C(=O)[C@@H]1[C@H](c1ccncc1)C(C#N)C#N. The van der Waals surface area contributed by atoms with Gasteiger partial charge in [-0.05, 0) is 30.2 Å². The van der Waals surface area contributed by atoms with Crippen LogP contribution in [-0.4, -0.2) is 21.6 Å². The van der Waals surface area contributed by atoms with Gasteiger partial charge in [0.15, 0.2) is 0 Å². The minimum Gasteiger partial charge on any atom is -0.272 e. The first-order chi connectivity index (χ1) is 12.7. The Labute approximate surface area is 152 Å². The third-order valence-corrected chi connectivity index (χ3v) is 4.51. The molecule has 1 aromatic carbocycles. The molecule has 0 spiro atoms. The predicted molar refractivity (Wildman–Crippen MR) is 95.3 cm³/mol. The van der Waals surface area contributed by atoms with Crippen LogP contribution in [0.1, 0.15) is 24.0 Å². The van der Waals surface area contributed by atoms with Gasteiger partial charge >= 0.3 is 0 Å². The fraction of sp³-hybridized carbons (Fsp3) is 0.250. The van der Waals surface area contributed by atoms with Gasteiger partial charge in [-0.3, -0.25) is 9.78 Å². The minimum absolute atomic E-state index is 0.191. The van der Waals surface area contributed by atoms with Crippen molar-refractivity contribution >= 4 is 11.6 Å². The van der Waals surface area contributed by atoms with E-state index in [9.17, 15) is 15.3 Å². The van der Waals surface area contributed by atoms with Crippen LogP contribution in [0.3, 0.4) is 0 Å². The van der Waals surface area contributed by atoms with Crippen molar-refractivity contribution in [2.75, 3.05) is 0 Å². The van der Waals surface area contributed by atoms with E-state index in [1.54, 1.807) is 31.5 Å². The molecule has 0 fully saturated rings. The van der Waals surface area contributed by atoms with Gasteiger partial charge in [0.05, 0.1) is 24.6 Å². The van der Waals surface area contributed by atoms with E-state index in [1.165, 1.54) is 5.01 Å². The van der Waals surface area contributed by atoms with E-state index in [0.717, 1.165) is 11.1 Å². The number of nitrogens with zero attached hydrogens (tertiary/aromatic N) is 5. The van der Waals surface area contributed by atoms with Crippen LogP contribution in [0.15, 0.2) is 60.0 Å². The summed E-state index contributed by atoms with van der Waals surface area (Å²) < 4.78 is 0. The maximum absolute atomic E-state index is 13.0. The highest BCUT2D eigenvalue weighted by atomic mass is 16.2. The Morgan fingerprint density at radius 3 is 2.38 bits per heavy atom. The van der Waals surface area contributed by atoms with E-state index in [1.807, 2.05) is 42.5 Å². The zero-order valence-corrected chi connectivity index (χ0v) is 14.3. The normalized spacial score (nSPS) is 17.5. The van der Waals surface area contributed by atoms with Crippen molar-refractivity contribution < 1.29 is 4.79 Å². The quantitative estimate of drug-likeness (QED) is 0.834. The summed E-state index contributed by atoms with van der Waals surface area (Å²) in [6.45, 7) is 2.13. The first kappa shape index (κ1) is 17.3. The monoisotopic (exact) mass is 343 g/mol. The highest BCUT2D eigenvalue weighted by Crippen LogP contribution is 2.37. The fourth-order valence-electron chi connectivity index (χ4n) is 3.28. The second-order valence-electron chi connectivity index (χ2n) is 6.14. The Bertz CT molecular complexity index is 881. The van der Waals surface area contributed by atoms with Crippen molar-refractivity contribution in [3.63, 3.8) is 0 Å². The summed E-state index contributed by atoms with van der Waals surface area (Å²) in [5, 5.41) is 24.7. The topological polar surface area (TPSA) is 93.1 Å². The van der Waals surface area contributed by atoms with Crippen molar-refractivity contribution in [3.8, 4) is 12.1 Å². The number of hydrogen-bond acceptors (Lipinski definition) is 5. The molecule has 26 heavy (non-hydrogen) atoms. The molecular formula is C20H17N5O.